The fourth-order valence-electron chi connectivity index (χ4n) is 2.58. The summed E-state index contributed by atoms with van der Waals surface area (Å²) < 4.78 is 10.3. The Morgan fingerprint density at radius 2 is 1.54 bits per heavy atom. The molecule has 2 heterocycles. The molecule has 1 atom stereocenters. The maximum atomic E-state index is 12.3. The van der Waals surface area contributed by atoms with Crippen molar-refractivity contribution in [3.8, 4) is 0 Å². The van der Waals surface area contributed by atoms with Crippen LogP contribution in [0.4, 0.5) is 0 Å². The van der Waals surface area contributed by atoms with Gasteiger partial charge >= 0.3 is 0 Å². The highest BCUT2D eigenvalue weighted by molar-refractivity contribution is 5.96. The van der Waals surface area contributed by atoms with Crippen LogP contribution in [0, 0.1) is 19.8 Å². The molecule has 1 unspecified atom stereocenters. The monoisotopic (exact) mass is 332 g/mol. The lowest BCUT2D eigenvalue weighted by molar-refractivity contribution is 0.0901. The number of carbonyl (C=O) groups excluding carboxylic acids is 2. The van der Waals surface area contributed by atoms with Crippen molar-refractivity contribution in [2.24, 2.45) is 5.92 Å². The van der Waals surface area contributed by atoms with E-state index in [9.17, 15) is 9.59 Å². The number of nitrogens with one attached hydrogen (secondary N) is 2. The van der Waals surface area contributed by atoms with E-state index in [0.717, 1.165) is 6.42 Å². The Labute approximate surface area is 141 Å². The summed E-state index contributed by atoms with van der Waals surface area (Å²) in [5, 5.41) is 5.83. The number of carbonyl (C=O) groups is 2. The normalized spacial score (nSPS) is 12.2. The number of rotatable bonds is 7. The molecule has 2 amide bonds. The Morgan fingerprint density at radius 1 is 1.00 bits per heavy atom. The van der Waals surface area contributed by atoms with Crippen LogP contribution < -0.4 is 10.6 Å². The molecular formula is C18H24N2O4. The molecular weight excluding hydrogens is 308 g/mol. The minimum absolute atomic E-state index is 0.164. The fraction of sp³-hybridized carbons (Fsp3) is 0.444. The molecule has 0 saturated carbocycles. The minimum Gasteiger partial charge on any atom is -0.469 e. The van der Waals surface area contributed by atoms with Gasteiger partial charge < -0.3 is 19.5 Å². The van der Waals surface area contributed by atoms with Crippen LogP contribution in [0.1, 0.15) is 52.5 Å². The average Bonchev–Trinajstić information content (AvgIpc) is 3.12. The third kappa shape index (κ3) is 4.50. The SMILES string of the molecule is Cc1occc1C(=O)NCC(CC(C)C)NC(=O)c1ccoc1C. The van der Waals surface area contributed by atoms with Gasteiger partial charge in [-0.05, 0) is 38.3 Å². The first-order valence-corrected chi connectivity index (χ1v) is 8.05. The van der Waals surface area contributed by atoms with Gasteiger partial charge in [-0.1, -0.05) is 13.8 Å². The predicted molar refractivity (Wildman–Crippen MR) is 89.9 cm³/mol. The summed E-state index contributed by atoms with van der Waals surface area (Å²) in [6.45, 7) is 7.98. The molecule has 0 bridgehead atoms. The zero-order valence-electron chi connectivity index (χ0n) is 14.5. The topological polar surface area (TPSA) is 84.5 Å². The zero-order valence-corrected chi connectivity index (χ0v) is 14.5. The van der Waals surface area contributed by atoms with Gasteiger partial charge in [0.2, 0.25) is 0 Å². The van der Waals surface area contributed by atoms with E-state index in [1.807, 2.05) is 0 Å². The summed E-state index contributed by atoms with van der Waals surface area (Å²) in [5.74, 6) is 1.14. The lowest BCUT2D eigenvalue weighted by Crippen LogP contribution is -2.44. The van der Waals surface area contributed by atoms with Crippen LogP contribution >= 0.6 is 0 Å². The van der Waals surface area contributed by atoms with E-state index in [0.29, 0.717) is 35.1 Å². The molecule has 6 nitrogen and oxygen atoms in total. The van der Waals surface area contributed by atoms with Crippen LogP contribution in [-0.2, 0) is 0 Å². The molecule has 24 heavy (non-hydrogen) atoms. The van der Waals surface area contributed by atoms with Crippen molar-refractivity contribution in [3.63, 3.8) is 0 Å². The van der Waals surface area contributed by atoms with E-state index in [4.69, 9.17) is 8.83 Å². The molecule has 0 aromatic carbocycles. The van der Waals surface area contributed by atoms with Gasteiger partial charge in [0.15, 0.2) is 0 Å². The highest BCUT2D eigenvalue weighted by atomic mass is 16.3. The van der Waals surface area contributed by atoms with E-state index in [-0.39, 0.29) is 17.9 Å². The van der Waals surface area contributed by atoms with Crippen LogP contribution in [0.25, 0.3) is 0 Å². The number of hydrogen-bond acceptors (Lipinski definition) is 4. The number of aryl methyl sites for hydroxylation is 2. The predicted octanol–water partition coefficient (Wildman–Crippen LogP) is 3.06. The highest BCUT2D eigenvalue weighted by Crippen LogP contribution is 2.12. The summed E-state index contributed by atoms with van der Waals surface area (Å²) in [7, 11) is 0. The van der Waals surface area contributed by atoms with Crippen molar-refractivity contribution >= 4 is 11.8 Å². The van der Waals surface area contributed by atoms with Gasteiger partial charge in [0, 0.05) is 12.6 Å². The number of hydrogen-bond donors (Lipinski definition) is 2. The van der Waals surface area contributed by atoms with Gasteiger partial charge in [-0.25, -0.2) is 0 Å². The Hall–Kier alpha value is -2.50. The van der Waals surface area contributed by atoms with Crippen molar-refractivity contribution in [1.82, 2.24) is 10.6 Å². The van der Waals surface area contributed by atoms with Crippen molar-refractivity contribution in [2.45, 2.75) is 40.2 Å². The van der Waals surface area contributed by atoms with Gasteiger partial charge in [-0.3, -0.25) is 9.59 Å². The van der Waals surface area contributed by atoms with Crippen LogP contribution in [0.5, 0.6) is 0 Å². The first-order chi connectivity index (χ1) is 11.4. The molecule has 0 fully saturated rings. The summed E-state index contributed by atoms with van der Waals surface area (Å²) in [4.78, 5) is 24.5. The van der Waals surface area contributed by atoms with Crippen molar-refractivity contribution in [3.05, 3.63) is 47.3 Å². The van der Waals surface area contributed by atoms with Crippen LogP contribution in [-0.4, -0.2) is 24.4 Å². The second-order valence-electron chi connectivity index (χ2n) is 6.29. The first kappa shape index (κ1) is 17.8. The summed E-state index contributed by atoms with van der Waals surface area (Å²) in [6.07, 6.45) is 3.73. The van der Waals surface area contributed by atoms with Gasteiger partial charge in [-0.2, -0.15) is 0 Å². The second kappa shape index (κ2) is 7.86. The second-order valence-corrected chi connectivity index (χ2v) is 6.29. The quantitative estimate of drug-likeness (QED) is 0.816. The lowest BCUT2D eigenvalue weighted by atomic mass is 10.0. The largest absolute Gasteiger partial charge is 0.469 e. The number of furan rings is 2. The summed E-state index contributed by atoms with van der Waals surface area (Å²) >= 11 is 0. The molecule has 0 spiro atoms. The van der Waals surface area contributed by atoms with Crippen molar-refractivity contribution in [1.29, 1.82) is 0 Å². The lowest BCUT2D eigenvalue weighted by Gasteiger charge is -2.21. The molecule has 0 aliphatic heterocycles. The van der Waals surface area contributed by atoms with E-state index in [2.05, 4.69) is 24.5 Å². The fourth-order valence-corrected chi connectivity index (χ4v) is 2.58. The molecule has 0 aliphatic rings. The molecule has 130 valence electrons. The summed E-state index contributed by atoms with van der Waals surface area (Å²) in [6, 6.07) is 3.11. The highest BCUT2D eigenvalue weighted by Gasteiger charge is 2.19. The smallest absolute Gasteiger partial charge is 0.255 e. The maximum absolute atomic E-state index is 12.3. The van der Waals surface area contributed by atoms with E-state index >= 15 is 0 Å². The molecule has 0 aliphatic carbocycles. The Balaban J connectivity index is 1.98. The first-order valence-electron chi connectivity index (χ1n) is 8.05. The average molecular weight is 332 g/mol. The van der Waals surface area contributed by atoms with Crippen LogP contribution in [0.15, 0.2) is 33.5 Å². The van der Waals surface area contributed by atoms with E-state index in [1.54, 1.807) is 26.0 Å². The zero-order chi connectivity index (χ0) is 17.7. The molecule has 2 aromatic heterocycles. The molecule has 2 N–H and O–H groups in total. The third-order valence-electron chi connectivity index (χ3n) is 3.81. The molecule has 2 rings (SSSR count). The Bertz CT molecular complexity index is 699. The number of amides is 2. The van der Waals surface area contributed by atoms with Crippen molar-refractivity contribution < 1.29 is 18.4 Å². The standard InChI is InChI=1S/C18H24N2O4/c1-11(2)9-14(20-18(22)16-6-8-24-13(16)4)10-19-17(21)15-5-7-23-12(15)3/h5-8,11,14H,9-10H2,1-4H3,(H,19,21)(H,20,22). The minimum atomic E-state index is -0.205. The van der Waals surface area contributed by atoms with Gasteiger partial charge in [0.1, 0.15) is 11.5 Å². The van der Waals surface area contributed by atoms with Gasteiger partial charge in [0.25, 0.3) is 11.8 Å². The van der Waals surface area contributed by atoms with Crippen LogP contribution in [0.2, 0.25) is 0 Å². The maximum Gasteiger partial charge on any atom is 0.255 e. The molecule has 0 saturated heterocycles. The Morgan fingerprint density at radius 3 is 2.00 bits per heavy atom. The Kier molecular flexibility index (Phi) is 5.84. The summed E-state index contributed by atoms with van der Waals surface area (Å²) in [5.41, 5.74) is 1.02. The van der Waals surface area contributed by atoms with Gasteiger partial charge in [-0.15, -0.1) is 0 Å². The molecule has 0 radical (unpaired) electrons. The van der Waals surface area contributed by atoms with E-state index in [1.165, 1.54) is 12.5 Å². The molecule has 6 heteroatoms. The third-order valence-corrected chi connectivity index (χ3v) is 3.81. The van der Waals surface area contributed by atoms with E-state index < -0.39 is 0 Å². The van der Waals surface area contributed by atoms with Crippen molar-refractivity contribution in [2.75, 3.05) is 6.54 Å². The van der Waals surface area contributed by atoms with Gasteiger partial charge in [0.05, 0.1) is 23.7 Å². The van der Waals surface area contributed by atoms with Crippen LogP contribution in [0.3, 0.4) is 0 Å². The molecule has 2 aromatic rings.